The number of anilines is 1. The van der Waals surface area contributed by atoms with Crippen LogP contribution in [0.25, 0.3) is 0 Å². The predicted octanol–water partition coefficient (Wildman–Crippen LogP) is 4.26. The van der Waals surface area contributed by atoms with Gasteiger partial charge in [0.15, 0.2) is 0 Å². The highest BCUT2D eigenvalue weighted by Gasteiger charge is 2.21. The molecule has 0 saturated carbocycles. The summed E-state index contributed by atoms with van der Waals surface area (Å²) in [5.41, 5.74) is 3.26. The Morgan fingerprint density at radius 2 is 2.21 bits per heavy atom. The van der Waals surface area contributed by atoms with Gasteiger partial charge in [-0.05, 0) is 46.5 Å². The van der Waals surface area contributed by atoms with Gasteiger partial charge in [0.05, 0.1) is 4.83 Å². The minimum atomic E-state index is -0.297. The maximum atomic E-state index is 14.2. The Bertz CT molecular complexity index is 627. The van der Waals surface area contributed by atoms with Crippen molar-refractivity contribution in [3.63, 3.8) is 0 Å². The molecular weight excluding hydrogens is 329 g/mol. The third-order valence-corrected chi connectivity index (χ3v) is 4.95. The Labute approximate surface area is 122 Å². The Morgan fingerprint density at radius 3 is 2.95 bits per heavy atom. The standard InChI is InChI=1S/C14H11BrFNOS/c15-14(9-3-4-19-7-9)10-5-8-1-2-13(18)17-12(8)6-11(10)16/h3-7,14H,1-2H2,(H,17,18). The van der Waals surface area contributed by atoms with E-state index in [2.05, 4.69) is 21.2 Å². The molecule has 1 aliphatic heterocycles. The van der Waals surface area contributed by atoms with Gasteiger partial charge in [0, 0.05) is 17.7 Å². The van der Waals surface area contributed by atoms with E-state index in [1.807, 2.05) is 22.9 Å². The van der Waals surface area contributed by atoms with Gasteiger partial charge >= 0.3 is 0 Å². The van der Waals surface area contributed by atoms with Crippen LogP contribution in [-0.2, 0) is 11.2 Å². The number of thiophene rings is 1. The van der Waals surface area contributed by atoms with E-state index in [0.717, 1.165) is 11.1 Å². The van der Waals surface area contributed by atoms with Gasteiger partial charge in [0.2, 0.25) is 5.91 Å². The largest absolute Gasteiger partial charge is 0.326 e. The summed E-state index contributed by atoms with van der Waals surface area (Å²) < 4.78 is 14.2. The zero-order valence-electron chi connectivity index (χ0n) is 9.95. The Hall–Kier alpha value is -1.20. The lowest BCUT2D eigenvalue weighted by atomic mass is 9.97. The van der Waals surface area contributed by atoms with E-state index in [-0.39, 0.29) is 16.6 Å². The van der Waals surface area contributed by atoms with Gasteiger partial charge < -0.3 is 5.32 Å². The molecule has 0 bridgehead atoms. The van der Waals surface area contributed by atoms with Crippen LogP contribution in [0.15, 0.2) is 29.0 Å². The number of rotatable bonds is 2. The molecular formula is C14H11BrFNOS. The van der Waals surface area contributed by atoms with Gasteiger partial charge in [0.25, 0.3) is 0 Å². The quantitative estimate of drug-likeness (QED) is 0.814. The monoisotopic (exact) mass is 339 g/mol. The molecule has 0 radical (unpaired) electrons. The van der Waals surface area contributed by atoms with Crippen LogP contribution in [0.5, 0.6) is 0 Å². The number of halogens is 2. The van der Waals surface area contributed by atoms with Crippen LogP contribution in [0.3, 0.4) is 0 Å². The molecule has 98 valence electrons. The zero-order chi connectivity index (χ0) is 13.4. The predicted molar refractivity (Wildman–Crippen MR) is 78.4 cm³/mol. The van der Waals surface area contributed by atoms with Crippen molar-refractivity contribution in [2.45, 2.75) is 17.7 Å². The van der Waals surface area contributed by atoms with Crippen molar-refractivity contribution in [3.05, 3.63) is 51.5 Å². The fourth-order valence-electron chi connectivity index (χ4n) is 2.21. The molecule has 19 heavy (non-hydrogen) atoms. The van der Waals surface area contributed by atoms with E-state index in [9.17, 15) is 9.18 Å². The average molecular weight is 340 g/mol. The first-order valence-corrected chi connectivity index (χ1v) is 7.79. The zero-order valence-corrected chi connectivity index (χ0v) is 12.4. The number of amides is 1. The van der Waals surface area contributed by atoms with Crippen LogP contribution in [0, 0.1) is 5.82 Å². The van der Waals surface area contributed by atoms with Crippen LogP contribution in [0.1, 0.15) is 27.9 Å². The van der Waals surface area contributed by atoms with Crippen molar-refractivity contribution in [3.8, 4) is 0 Å². The molecule has 0 spiro atoms. The summed E-state index contributed by atoms with van der Waals surface area (Å²) >= 11 is 5.13. The number of fused-ring (bicyclic) bond motifs is 1. The van der Waals surface area contributed by atoms with Gasteiger partial charge in [-0.25, -0.2) is 4.39 Å². The van der Waals surface area contributed by atoms with Crippen LogP contribution in [0.4, 0.5) is 10.1 Å². The van der Waals surface area contributed by atoms with Crippen LogP contribution >= 0.6 is 27.3 Å². The molecule has 0 fully saturated rings. The van der Waals surface area contributed by atoms with E-state index in [1.165, 1.54) is 6.07 Å². The van der Waals surface area contributed by atoms with E-state index < -0.39 is 0 Å². The van der Waals surface area contributed by atoms with E-state index in [0.29, 0.717) is 24.1 Å². The lowest BCUT2D eigenvalue weighted by Crippen LogP contribution is -2.19. The normalized spacial score (nSPS) is 15.8. The second-order valence-electron chi connectivity index (χ2n) is 4.50. The van der Waals surface area contributed by atoms with Crippen molar-refractivity contribution in [1.82, 2.24) is 0 Å². The molecule has 1 aromatic heterocycles. The van der Waals surface area contributed by atoms with Gasteiger partial charge in [-0.2, -0.15) is 11.3 Å². The Balaban J connectivity index is 2.01. The second-order valence-corrected chi connectivity index (χ2v) is 6.19. The molecule has 0 aliphatic carbocycles. The van der Waals surface area contributed by atoms with Crippen LogP contribution in [0.2, 0.25) is 0 Å². The van der Waals surface area contributed by atoms with Gasteiger partial charge in [-0.3, -0.25) is 4.79 Å². The highest BCUT2D eigenvalue weighted by Crippen LogP contribution is 2.36. The van der Waals surface area contributed by atoms with E-state index in [1.54, 1.807) is 11.3 Å². The molecule has 2 aromatic rings. The molecule has 1 N–H and O–H groups in total. The molecule has 3 rings (SSSR count). The summed E-state index contributed by atoms with van der Waals surface area (Å²) in [6, 6.07) is 5.24. The summed E-state index contributed by atoms with van der Waals surface area (Å²) in [4.78, 5) is 11.1. The molecule has 1 aliphatic rings. The van der Waals surface area contributed by atoms with Crippen molar-refractivity contribution in [2.75, 3.05) is 5.32 Å². The minimum Gasteiger partial charge on any atom is -0.326 e. The van der Waals surface area contributed by atoms with Gasteiger partial charge in [-0.1, -0.05) is 15.9 Å². The number of carbonyl (C=O) groups is 1. The second kappa shape index (κ2) is 5.06. The first-order chi connectivity index (χ1) is 9.15. The average Bonchev–Trinajstić information content (AvgIpc) is 2.91. The first kappa shape index (κ1) is 12.8. The Morgan fingerprint density at radius 1 is 1.37 bits per heavy atom. The number of alkyl halides is 1. The maximum absolute atomic E-state index is 14.2. The third kappa shape index (κ3) is 2.44. The van der Waals surface area contributed by atoms with Crippen molar-refractivity contribution in [1.29, 1.82) is 0 Å². The number of aryl methyl sites for hydroxylation is 1. The molecule has 1 aromatic carbocycles. The summed E-state index contributed by atoms with van der Waals surface area (Å²) in [6.45, 7) is 0. The van der Waals surface area contributed by atoms with Gasteiger partial charge in [0.1, 0.15) is 5.82 Å². The third-order valence-electron chi connectivity index (χ3n) is 3.23. The van der Waals surface area contributed by atoms with E-state index in [4.69, 9.17) is 0 Å². The number of hydrogen-bond donors (Lipinski definition) is 1. The summed E-state index contributed by atoms with van der Waals surface area (Å²) in [5, 5.41) is 6.68. The molecule has 1 amide bonds. The van der Waals surface area contributed by atoms with Crippen LogP contribution in [-0.4, -0.2) is 5.91 Å². The molecule has 5 heteroatoms. The van der Waals surface area contributed by atoms with Crippen molar-refractivity contribution >= 4 is 38.9 Å². The van der Waals surface area contributed by atoms with E-state index >= 15 is 0 Å². The number of hydrogen-bond acceptors (Lipinski definition) is 2. The number of nitrogens with one attached hydrogen (secondary N) is 1. The summed E-state index contributed by atoms with van der Waals surface area (Å²) in [7, 11) is 0. The minimum absolute atomic E-state index is 0.0483. The smallest absolute Gasteiger partial charge is 0.224 e. The lowest BCUT2D eigenvalue weighted by Gasteiger charge is -2.19. The highest BCUT2D eigenvalue weighted by atomic mass is 79.9. The molecule has 2 heterocycles. The fourth-order valence-corrected chi connectivity index (χ4v) is 3.71. The molecule has 0 saturated heterocycles. The summed E-state index contributed by atoms with van der Waals surface area (Å²) in [5.74, 6) is -0.345. The Kier molecular flexibility index (Phi) is 3.41. The maximum Gasteiger partial charge on any atom is 0.224 e. The molecule has 1 unspecified atom stereocenters. The number of benzene rings is 1. The molecule has 1 atom stereocenters. The highest BCUT2D eigenvalue weighted by molar-refractivity contribution is 9.09. The SMILES string of the molecule is O=C1CCc2cc(C(Br)c3ccsc3)c(F)cc2N1. The van der Waals surface area contributed by atoms with Crippen LogP contribution < -0.4 is 5.32 Å². The lowest BCUT2D eigenvalue weighted by molar-refractivity contribution is -0.116. The number of carbonyl (C=O) groups excluding carboxylic acids is 1. The topological polar surface area (TPSA) is 29.1 Å². The van der Waals surface area contributed by atoms with Crippen molar-refractivity contribution < 1.29 is 9.18 Å². The van der Waals surface area contributed by atoms with Gasteiger partial charge in [-0.15, -0.1) is 0 Å². The molecule has 2 nitrogen and oxygen atoms in total. The fraction of sp³-hybridized carbons (Fsp3) is 0.214. The first-order valence-electron chi connectivity index (χ1n) is 5.93. The summed E-state index contributed by atoms with van der Waals surface area (Å²) in [6.07, 6.45) is 1.13. The van der Waals surface area contributed by atoms with Crippen molar-refractivity contribution in [2.24, 2.45) is 0 Å².